The van der Waals surface area contributed by atoms with Crippen LogP contribution in [0.4, 0.5) is 0 Å². The highest BCUT2D eigenvalue weighted by molar-refractivity contribution is 7.83. The molecule has 0 N–H and O–H groups in total. The largest absolute Gasteiger partial charge is 0.151 e. The number of hydrogen-bond donors (Lipinski definition) is 1. The molecule has 60 valence electrons. The van der Waals surface area contributed by atoms with Crippen LogP contribution in [-0.2, 0) is 6.42 Å². The lowest BCUT2D eigenvalue weighted by molar-refractivity contribution is 1.18. The highest BCUT2D eigenvalue weighted by Crippen LogP contribution is 2.22. The van der Waals surface area contributed by atoms with Crippen molar-refractivity contribution in [1.29, 1.82) is 0 Å². The van der Waals surface area contributed by atoms with Crippen molar-refractivity contribution in [2.75, 3.05) is 0 Å². The lowest BCUT2D eigenvalue weighted by Gasteiger charge is -2.11. The summed E-state index contributed by atoms with van der Waals surface area (Å²) in [7, 11) is 0. The molecule has 0 atom stereocenters. The molecule has 1 aliphatic rings. The maximum atomic E-state index is 4.14. The Morgan fingerprint density at radius 3 is 2.83 bits per heavy atom. The van der Waals surface area contributed by atoms with Gasteiger partial charge in [-0.05, 0) is 28.5 Å². The third-order valence-corrected chi connectivity index (χ3v) is 2.42. The van der Waals surface area contributed by atoms with Gasteiger partial charge in [-0.25, -0.2) is 0 Å². The van der Waals surface area contributed by atoms with Gasteiger partial charge >= 0.3 is 0 Å². The van der Waals surface area contributed by atoms with Crippen LogP contribution in [0.3, 0.4) is 0 Å². The molecule has 12 heavy (non-hydrogen) atoms. The van der Waals surface area contributed by atoms with Gasteiger partial charge in [0.15, 0.2) is 0 Å². The number of fused-ring (bicyclic) bond motifs is 1. The van der Waals surface area contributed by atoms with E-state index in [4.69, 9.17) is 0 Å². The fourth-order valence-corrected chi connectivity index (χ4v) is 1.60. The van der Waals surface area contributed by atoms with Crippen molar-refractivity contribution >= 4 is 18.7 Å². The molecular formula is C11H10S. The second-order valence-corrected chi connectivity index (χ2v) is 3.17. The zero-order valence-electron chi connectivity index (χ0n) is 6.70. The first-order valence-electron chi connectivity index (χ1n) is 3.99. The van der Waals surface area contributed by atoms with E-state index in [1.165, 1.54) is 16.7 Å². The van der Waals surface area contributed by atoms with Crippen molar-refractivity contribution in [3.63, 3.8) is 0 Å². The summed E-state index contributed by atoms with van der Waals surface area (Å²) in [6.07, 6.45) is 5.27. The molecule has 0 saturated heterocycles. The SMILES string of the molecule is SC=C1C=Cc2ccccc2C1. The van der Waals surface area contributed by atoms with E-state index >= 15 is 0 Å². The van der Waals surface area contributed by atoms with Crippen molar-refractivity contribution in [1.82, 2.24) is 0 Å². The van der Waals surface area contributed by atoms with E-state index in [1.807, 2.05) is 5.41 Å². The van der Waals surface area contributed by atoms with Crippen LogP contribution in [0.1, 0.15) is 11.1 Å². The Morgan fingerprint density at radius 2 is 2.00 bits per heavy atom. The van der Waals surface area contributed by atoms with Crippen LogP contribution in [0.5, 0.6) is 0 Å². The maximum absolute atomic E-state index is 4.14. The molecule has 0 radical (unpaired) electrons. The summed E-state index contributed by atoms with van der Waals surface area (Å²) in [4.78, 5) is 0. The molecule has 2 rings (SSSR count). The minimum atomic E-state index is 1.01. The third-order valence-electron chi connectivity index (χ3n) is 2.09. The van der Waals surface area contributed by atoms with Gasteiger partial charge in [-0.3, -0.25) is 0 Å². The zero-order chi connectivity index (χ0) is 8.39. The van der Waals surface area contributed by atoms with E-state index in [1.54, 1.807) is 0 Å². The van der Waals surface area contributed by atoms with E-state index in [-0.39, 0.29) is 0 Å². The smallest absolute Gasteiger partial charge is 0.00148 e. The molecule has 0 amide bonds. The zero-order valence-corrected chi connectivity index (χ0v) is 7.59. The van der Waals surface area contributed by atoms with Gasteiger partial charge in [-0.15, -0.1) is 0 Å². The summed E-state index contributed by atoms with van der Waals surface area (Å²) < 4.78 is 0. The topological polar surface area (TPSA) is 0 Å². The molecule has 0 bridgehead atoms. The quantitative estimate of drug-likeness (QED) is 0.574. The molecule has 0 spiro atoms. The fraction of sp³-hybridized carbons (Fsp3) is 0.0909. The first-order chi connectivity index (χ1) is 5.90. The molecule has 0 heterocycles. The molecule has 0 aromatic heterocycles. The van der Waals surface area contributed by atoms with Crippen molar-refractivity contribution in [2.45, 2.75) is 6.42 Å². The Balaban J connectivity index is 2.46. The normalized spacial score (nSPS) is 17.9. The van der Waals surface area contributed by atoms with Gasteiger partial charge in [0.2, 0.25) is 0 Å². The predicted molar refractivity (Wildman–Crippen MR) is 56.2 cm³/mol. The minimum absolute atomic E-state index is 1.01. The van der Waals surface area contributed by atoms with E-state index in [2.05, 4.69) is 49.0 Å². The Bertz CT molecular complexity index is 348. The molecule has 1 aliphatic carbocycles. The van der Waals surface area contributed by atoms with Crippen LogP contribution < -0.4 is 0 Å². The van der Waals surface area contributed by atoms with Gasteiger partial charge in [0, 0.05) is 0 Å². The summed E-state index contributed by atoms with van der Waals surface area (Å²) in [6.45, 7) is 0. The number of benzene rings is 1. The summed E-state index contributed by atoms with van der Waals surface area (Å²) >= 11 is 4.14. The van der Waals surface area contributed by atoms with Crippen LogP contribution in [0.15, 0.2) is 41.3 Å². The van der Waals surface area contributed by atoms with Gasteiger partial charge in [0.25, 0.3) is 0 Å². The average Bonchev–Trinajstić information content (AvgIpc) is 2.17. The highest BCUT2D eigenvalue weighted by Gasteiger charge is 2.04. The van der Waals surface area contributed by atoms with Gasteiger partial charge < -0.3 is 0 Å². The van der Waals surface area contributed by atoms with Crippen LogP contribution in [0.2, 0.25) is 0 Å². The van der Waals surface area contributed by atoms with Gasteiger partial charge in [0.1, 0.15) is 0 Å². The summed E-state index contributed by atoms with van der Waals surface area (Å²) in [5.74, 6) is 0. The minimum Gasteiger partial charge on any atom is -0.151 e. The fourth-order valence-electron chi connectivity index (χ4n) is 1.42. The first kappa shape index (κ1) is 7.69. The van der Waals surface area contributed by atoms with Crippen LogP contribution >= 0.6 is 12.6 Å². The van der Waals surface area contributed by atoms with E-state index in [0.717, 1.165) is 6.42 Å². The van der Waals surface area contributed by atoms with Gasteiger partial charge in [-0.1, -0.05) is 36.4 Å². The summed E-state index contributed by atoms with van der Waals surface area (Å²) in [6, 6.07) is 8.45. The first-order valence-corrected chi connectivity index (χ1v) is 4.51. The molecule has 0 nitrogen and oxygen atoms in total. The Hall–Kier alpha value is -0.950. The molecule has 0 aliphatic heterocycles. The van der Waals surface area contributed by atoms with Crippen LogP contribution in [0, 0.1) is 0 Å². The van der Waals surface area contributed by atoms with Crippen LogP contribution in [-0.4, -0.2) is 0 Å². The van der Waals surface area contributed by atoms with Crippen LogP contribution in [0.25, 0.3) is 6.08 Å². The molecule has 0 saturated carbocycles. The number of hydrogen-bond acceptors (Lipinski definition) is 1. The third kappa shape index (κ3) is 1.32. The average molecular weight is 174 g/mol. The molecular weight excluding hydrogens is 164 g/mol. The standard InChI is InChI=1S/C11H10S/c12-8-9-5-6-10-3-1-2-4-11(10)7-9/h1-6,8,12H,7H2. The van der Waals surface area contributed by atoms with Crippen molar-refractivity contribution in [3.05, 3.63) is 52.4 Å². The molecule has 1 aromatic carbocycles. The molecule has 0 fully saturated rings. The second kappa shape index (κ2) is 3.20. The van der Waals surface area contributed by atoms with Gasteiger partial charge in [0.05, 0.1) is 0 Å². The molecule has 0 unspecified atom stereocenters. The highest BCUT2D eigenvalue weighted by atomic mass is 32.1. The predicted octanol–water partition coefficient (Wildman–Crippen LogP) is 3.07. The summed E-state index contributed by atoms with van der Waals surface area (Å²) in [5.41, 5.74) is 3.99. The van der Waals surface area contributed by atoms with Crippen molar-refractivity contribution in [3.8, 4) is 0 Å². The lowest BCUT2D eigenvalue weighted by atomic mass is 9.95. The van der Waals surface area contributed by atoms with E-state index < -0.39 is 0 Å². The van der Waals surface area contributed by atoms with E-state index in [9.17, 15) is 0 Å². The maximum Gasteiger partial charge on any atom is -0.00148 e. The lowest BCUT2D eigenvalue weighted by Crippen LogP contribution is -1.95. The molecule has 1 heteroatoms. The Labute approximate surface area is 78.0 Å². The molecule has 1 aromatic rings. The Morgan fingerprint density at radius 1 is 1.17 bits per heavy atom. The van der Waals surface area contributed by atoms with Gasteiger partial charge in [-0.2, -0.15) is 12.6 Å². The number of rotatable bonds is 0. The number of thiol groups is 1. The second-order valence-electron chi connectivity index (χ2n) is 2.91. The summed E-state index contributed by atoms with van der Waals surface area (Å²) in [5, 5.41) is 1.87. The van der Waals surface area contributed by atoms with Crippen molar-refractivity contribution in [2.24, 2.45) is 0 Å². The monoisotopic (exact) mass is 174 g/mol. The van der Waals surface area contributed by atoms with E-state index in [0.29, 0.717) is 0 Å². The Kier molecular flexibility index (Phi) is 2.05. The number of allylic oxidation sites excluding steroid dienone is 2. The van der Waals surface area contributed by atoms with Crippen molar-refractivity contribution < 1.29 is 0 Å².